The molecule has 0 saturated carbocycles. The lowest BCUT2D eigenvalue weighted by Gasteiger charge is -2.08. The molecule has 3 heteroatoms. The van der Waals surface area contributed by atoms with Gasteiger partial charge in [0, 0.05) is 0 Å². The van der Waals surface area contributed by atoms with Crippen LogP contribution in [0.4, 0.5) is 0 Å². The van der Waals surface area contributed by atoms with Gasteiger partial charge in [-0.3, -0.25) is 0 Å². The summed E-state index contributed by atoms with van der Waals surface area (Å²) in [6, 6.07) is 5.45. The molecule has 0 aromatic heterocycles. The Morgan fingerprint density at radius 1 is 1.43 bits per heavy atom. The van der Waals surface area contributed by atoms with E-state index in [1.807, 2.05) is 12.1 Å². The quantitative estimate of drug-likeness (QED) is 0.744. The van der Waals surface area contributed by atoms with Crippen LogP contribution in [0.1, 0.15) is 18.1 Å². The third-order valence-electron chi connectivity index (χ3n) is 2.17. The fourth-order valence-electron chi connectivity index (χ4n) is 1.41. The molecule has 1 heterocycles. The largest absolute Gasteiger partial charge is 0.454 e. The Morgan fingerprint density at radius 2 is 2.21 bits per heavy atom. The molecule has 1 aromatic rings. The SMILES string of the molecule is C=CC[C@H](O)c1ccc2c(c1)OCO2. The van der Waals surface area contributed by atoms with E-state index >= 15 is 0 Å². The Bertz CT molecular complexity index is 346. The summed E-state index contributed by atoms with van der Waals surface area (Å²) in [7, 11) is 0. The van der Waals surface area contributed by atoms with Gasteiger partial charge >= 0.3 is 0 Å². The molecule has 0 bridgehead atoms. The molecule has 0 spiro atoms. The van der Waals surface area contributed by atoms with Gasteiger partial charge in [-0.1, -0.05) is 12.1 Å². The summed E-state index contributed by atoms with van der Waals surface area (Å²) in [5, 5.41) is 9.68. The maximum absolute atomic E-state index is 9.68. The smallest absolute Gasteiger partial charge is 0.231 e. The molecule has 1 aliphatic heterocycles. The summed E-state index contributed by atoms with van der Waals surface area (Å²) < 4.78 is 10.4. The van der Waals surface area contributed by atoms with E-state index in [2.05, 4.69) is 6.58 Å². The Kier molecular flexibility index (Phi) is 2.41. The van der Waals surface area contributed by atoms with Gasteiger partial charge in [0.05, 0.1) is 6.10 Å². The van der Waals surface area contributed by atoms with Crippen LogP contribution in [0.3, 0.4) is 0 Å². The molecule has 0 saturated heterocycles. The van der Waals surface area contributed by atoms with Gasteiger partial charge in [-0.2, -0.15) is 0 Å². The average Bonchev–Trinajstić information content (AvgIpc) is 2.64. The molecule has 1 aliphatic rings. The molecule has 0 aliphatic carbocycles. The summed E-state index contributed by atoms with van der Waals surface area (Å²) in [5.74, 6) is 1.44. The van der Waals surface area contributed by atoms with E-state index in [0.29, 0.717) is 12.2 Å². The minimum absolute atomic E-state index is 0.260. The second-order valence-electron chi connectivity index (χ2n) is 3.15. The van der Waals surface area contributed by atoms with E-state index in [9.17, 15) is 5.11 Å². The number of ether oxygens (including phenoxy) is 2. The van der Waals surface area contributed by atoms with Gasteiger partial charge in [0.1, 0.15) is 0 Å². The first kappa shape index (κ1) is 9.09. The first-order chi connectivity index (χ1) is 6.81. The Balaban J connectivity index is 2.23. The highest BCUT2D eigenvalue weighted by Crippen LogP contribution is 2.34. The zero-order valence-corrected chi connectivity index (χ0v) is 7.77. The van der Waals surface area contributed by atoms with Crippen molar-refractivity contribution in [3.8, 4) is 11.5 Å². The van der Waals surface area contributed by atoms with E-state index < -0.39 is 6.10 Å². The fourth-order valence-corrected chi connectivity index (χ4v) is 1.41. The van der Waals surface area contributed by atoms with Gasteiger partial charge < -0.3 is 14.6 Å². The summed E-state index contributed by atoms with van der Waals surface area (Å²) in [5.41, 5.74) is 0.828. The van der Waals surface area contributed by atoms with Crippen molar-refractivity contribution in [2.45, 2.75) is 12.5 Å². The van der Waals surface area contributed by atoms with Crippen molar-refractivity contribution in [1.82, 2.24) is 0 Å². The molecule has 0 unspecified atom stereocenters. The number of aliphatic hydroxyl groups excluding tert-OH is 1. The van der Waals surface area contributed by atoms with Gasteiger partial charge in [-0.15, -0.1) is 6.58 Å². The predicted molar refractivity (Wildman–Crippen MR) is 52.3 cm³/mol. The number of fused-ring (bicyclic) bond motifs is 1. The highest BCUT2D eigenvalue weighted by Gasteiger charge is 2.15. The summed E-state index contributed by atoms with van der Waals surface area (Å²) in [6.07, 6.45) is 1.72. The number of hydrogen-bond donors (Lipinski definition) is 1. The second-order valence-corrected chi connectivity index (χ2v) is 3.15. The van der Waals surface area contributed by atoms with Gasteiger partial charge in [0.25, 0.3) is 0 Å². The molecule has 1 aromatic carbocycles. The van der Waals surface area contributed by atoms with Crippen molar-refractivity contribution in [3.05, 3.63) is 36.4 Å². The lowest BCUT2D eigenvalue weighted by molar-refractivity contribution is 0.172. The first-order valence-electron chi connectivity index (χ1n) is 4.50. The van der Waals surface area contributed by atoms with Gasteiger partial charge in [0.15, 0.2) is 11.5 Å². The molecular formula is C11H12O3. The van der Waals surface area contributed by atoms with Crippen molar-refractivity contribution in [2.75, 3.05) is 6.79 Å². The maximum atomic E-state index is 9.68. The molecule has 0 radical (unpaired) electrons. The standard InChI is InChI=1S/C11H12O3/c1-2-3-9(12)8-4-5-10-11(6-8)14-7-13-10/h2,4-6,9,12H,1,3,7H2/t9-/m0/s1. The Morgan fingerprint density at radius 3 is 3.00 bits per heavy atom. The van der Waals surface area contributed by atoms with Crippen molar-refractivity contribution in [3.63, 3.8) is 0 Å². The minimum atomic E-state index is -0.512. The van der Waals surface area contributed by atoms with E-state index in [-0.39, 0.29) is 6.79 Å². The monoisotopic (exact) mass is 192 g/mol. The van der Waals surface area contributed by atoms with Gasteiger partial charge in [-0.25, -0.2) is 0 Å². The normalized spacial score (nSPS) is 15.2. The van der Waals surface area contributed by atoms with Crippen LogP contribution >= 0.6 is 0 Å². The number of rotatable bonds is 3. The van der Waals surface area contributed by atoms with Crippen molar-refractivity contribution in [1.29, 1.82) is 0 Å². The topological polar surface area (TPSA) is 38.7 Å². The first-order valence-corrected chi connectivity index (χ1v) is 4.50. The summed E-state index contributed by atoms with van der Waals surface area (Å²) in [4.78, 5) is 0. The predicted octanol–water partition coefficient (Wildman–Crippen LogP) is 2.02. The lowest BCUT2D eigenvalue weighted by Crippen LogP contribution is -1.95. The third kappa shape index (κ3) is 1.59. The number of hydrogen-bond acceptors (Lipinski definition) is 3. The second kappa shape index (κ2) is 3.72. The maximum Gasteiger partial charge on any atom is 0.231 e. The lowest BCUT2D eigenvalue weighted by atomic mass is 10.1. The van der Waals surface area contributed by atoms with Crippen LogP contribution in [-0.4, -0.2) is 11.9 Å². The van der Waals surface area contributed by atoms with Crippen LogP contribution in [0, 0.1) is 0 Å². The fraction of sp³-hybridized carbons (Fsp3) is 0.273. The van der Waals surface area contributed by atoms with E-state index in [1.165, 1.54) is 0 Å². The molecule has 74 valence electrons. The van der Waals surface area contributed by atoms with Crippen LogP contribution in [0.2, 0.25) is 0 Å². The molecule has 1 atom stereocenters. The van der Waals surface area contributed by atoms with Gasteiger partial charge in [0.2, 0.25) is 6.79 Å². The average molecular weight is 192 g/mol. The van der Waals surface area contributed by atoms with E-state index in [1.54, 1.807) is 12.1 Å². The van der Waals surface area contributed by atoms with Crippen LogP contribution < -0.4 is 9.47 Å². The van der Waals surface area contributed by atoms with E-state index in [4.69, 9.17) is 9.47 Å². The minimum Gasteiger partial charge on any atom is -0.454 e. The zero-order valence-electron chi connectivity index (χ0n) is 7.77. The molecular weight excluding hydrogens is 180 g/mol. The molecule has 2 rings (SSSR count). The van der Waals surface area contributed by atoms with Crippen LogP contribution in [0.5, 0.6) is 11.5 Å². The summed E-state index contributed by atoms with van der Waals surface area (Å²) in [6.45, 7) is 3.84. The third-order valence-corrected chi connectivity index (χ3v) is 2.17. The highest BCUT2D eigenvalue weighted by atomic mass is 16.7. The molecule has 0 fully saturated rings. The molecule has 14 heavy (non-hydrogen) atoms. The van der Waals surface area contributed by atoms with E-state index in [0.717, 1.165) is 11.3 Å². The van der Waals surface area contributed by atoms with Crippen LogP contribution in [0.15, 0.2) is 30.9 Å². The van der Waals surface area contributed by atoms with Crippen LogP contribution in [-0.2, 0) is 0 Å². The Hall–Kier alpha value is -1.48. The van der Waals surface area contributed by atoms with Crippen molar-refractivity contribution < 1.29 is 14.6 Å². The number of aliphatic hydroxyl groups is 1. The molecule has 1 N–H and O–H groups in total. The molecule has 3 nitrogen and oxygen atoms in total. The van der Waals surface area contributed by atoms with Crippen molar-refractivity contribution in [2.24, 2.45) is 0 Å². The Labute approximate surface area is 82.6 Å². The zero-order chi connectivity index (χ0) is 9.97. The summed E-state index contributed by atoms with van der Waals surface area (Å²) >= 11 is 0. The van der Waals surface area contributed by atoms with Crippen molar-refractivity contribution >= 4 is 0 Å². The molecule has 0 amide bonds. The number of benzene rings is 1. The van der Waals surface area contributed by atoms with Gasteiger partial charge in [-0.05, 0) is 24.1 Å². The van der Waals surface area contributed by atoms with Crippen LogP contribution in [0.25, 0.3) is 0 Å². The highest BCUT2D eigenvalue weighted by molar-refractivity contribution is 5.45.